The van der Waals surface area contributed by atoms with E-state index in [0.29, 0.717) is 18.9 Å². The number of fused-ring (bicyclic) bond motifs is 2. The molecule has 2 fully saturated rings. The van der Waals surface area contributed by atoms with Gasteiger partial charge in [0, 0.05) is 34.9 Å². The molecule has 12 nitrogen and oxygen atoms in total. The van der Waals surface area contributed by atoms with Crippen LogP contribution in [0.4, 0.5) is 40.9 Å². The van der Waals surface area contributed by atoms with Crippen LogP contribution < -0.4 is 21.1 Å². The van der Waals surface area contributed by atoms with Gasteiger partial charge in [0.2, 0.25) is 10.0 Å². The van der Waals surface area contributed by atoms with Crippen molar-refractivity contribution in [2.45, 2.75) is 86.9 Å². The number of aromatic nitrogens is 3. The number of pyridine rings is 1. The molecule has 2 aromatic carbocycles. The first-order valence-corrected chi connectivity index (χ1v) is 23.6. The number of halogens is 9. The molecule has 6 N–H and O–H groups in total. The van der Waals surface area contributed by atoms with Crippen LogP contribution in [0.1, 0.15) is 56.1 Å². The number of hydrogen-bond donors (Lipinski definition) is 4. The quantitative estimate of drug-likeness (QED) is 0.0843. The second kappa shape index (κ2) is 17.2. The molecule has 3 aliphatic rings. The molecule has 4 atom stereocenters. The van der Waals surface area contributed by atoms with E-state index in [1.807, 2.05) is 0 Å². The van der Waals surface area contributed by atoms with Crippen molar-refractivity contribution in [1.29, 1.82) is 0 Å². The third kappa shape index (κ3) is 9.59. The number of carbonyl (C=O) groups excluding carboxylic acids is 1. The highest BCUT2D eigenvalue weighted by Gasteiger charge is 2.68. The highest BCUT2D eigenvalue weighted by atomic mass is 35.5. The van der Waals surface area contributed by atoms with Crippen molar-refractivity contribution in [3.63, 3.8) is 0 Å². The van der Waals surface area contributed by atoms with Gasteiger partial charge in [-0.3, -0.25) is 14.2 Å². The molecular weight excluding hydrogens is 922 g/mol. The van der Waals surface area contributed by atoms with E-state index in [0.717, 1.165) is 28.4 Å². The zero-order valence-electron chi connectivity index (χ0n) is 34.1. The minimum absolute atomic E-state index is 0.0167. The Balaban J connectivity index is 1.40. The number of amides is 1. The van der Waals surface area contributed by atoms with Gasteiger partial charge in [0.1, 0.15) is 28.6 Å². The molecule has 0 spiro atoms. The molecule has 64 heavy (non-hydrogen) atoms. The maximum Gasteiger partial charge on any atom is 0.323 e. The molecule has 0 radical (unpaired) electrons. The Kier molecular flexibility index (Phi) is 12.7. The Morgan fingerprint density at radius 3 is 2.31 bits per heavy atom. The van der Waals surface area contributed by atoms with E-state index in [9.17, 15) is 48.0 Å². The molecule has 0 bridgehead atoms. The van der Waals surface area contributed by atoms with Gasteiger partial charge in [-0.25, -0.2) is 48.2 Å². The number of nitrogens with one attached hydrogen (secondary N) is 2. The van der Waals surface area contributed by atoms with Crippen molar-refractivity contribution in [3.8, 4) is 23.0 Å². The third-order valence-corrected chi connectivity index (χ3v) is 15.6. The van der Waals surface area contributed by atoms with Crippen molar-refractivity contribution in [3.05, 3.63) is 87.3 Å². The first-order valence-electron chi connectivity index (χ1n) is 19.8. The Labute approximate surface area is 367 Å². The van der Waals surface area contributed by atoms with E-state index in [1.54, 1.807) is 0 Å². The molecule has 344 valence electrons. The lowest BCUT2D eigenvalue weighted by atomic mass is 9.93. The summed E-state index contributed by atoms with van der Waals surface area (Å²) in [5, 5.41) is 6.64. The van der Waals surface area contributed by atoms with Crippen LogP contribution in [0.25, 0.3) is 22.0 Å². The van der Waals surface area contributed by atoms with Crippen LogP contribution in [0.5, 0.6) is 0 Å². The Hall–Kier alpha value is -4.82. The average Bonchev–Trinajstić information content (AvgIpc) is 4.11. The zero-order valence-corrected chi connectivity index (χ0v) is 36.5. The van der Waals surface area contributed by atoms with Crippen LogP contribution in [0.2, 0.25) is 5.02 Å². The minimum Gasteiger partial charge on any atom is -0.342 e. The fourth-order valence-corrected chi connectivity index (χ4v) is 9.56. The summed E-state index contributed by atoms with van der Waals surface area (Å²) in [5.74, 6) is -3.83. The van der Waals surface area contributed by atoms with Gasteiger partial charge >= 0.3 is 5.92 Å². The van der Waals surface area contributed by atoms with Gasteiger partial charge in [-0.05, 0) is 87.3 Å². The SMILES string of the molecule is CC(C)(C#Cc1ccc(-c2ccc(Cl)c3c(NS(=O)(=O)C4CC4)nn(CC(F)F)c23)c(C(Cc2cc(F)cc(F)c2)NC(=O)C[NH2+]C2=C(C(N)C(F)F)C3CC3C2(F)F)n1)S(C)(=O)=O. The predicted molar refractivity (Wildman–Crippen MR) is 221 cm³/mol. The van der Waals surface area contributed by atoms with E-state index in [-0.39, 0.29) is 61.8 Å². The van der Waals surface area contributed by atoms with Crippen LogP contribution in [0.15, 0.2) is 53.7 Å². The minimum atomic E-state index is -4.03. The smallest absolute Gasteiger partial charge is 0.323 e. The highest BCUT2D eigenvalue weighted by Crippen LogP contribution is 2.62. The Bertz CT molecular complexity index is 2840. The monoisotopic (exact) mass is 962 g/mol. The molecule has 2 saturated carbocycles. The molecule has 0 aliphatic heterocycles. The van der Waals surface area contributed by atoms with E-state index < -0.39 is 115 Å². The topological polar surface area (TPSA) is 183 Å². The van der Waals surface area contributed by atoms with Gasteiger partial charge in [0.25, 0.3) is 18.8 Å². The first-order chi connectivity index (χ1) is 29.8. The molecule has 4 aromatic rings. The number of anilines is 1. The maximum absolute atomic E-state index is 15.4. The Morgan fingerprint density at radius 1 is 1.05 bits per heavy atom. The number of sulfonamides is 1. The largest absolute Gasteiger partial charge is 0.342 e. The number of nitrogens with zero attached hydrogens (tertiary/aromatic N) is 3. The third-order valence-electron chi connectivity index (χ3n) is 11.5. The number of carbonyl (C=O) groups is 1. The summed E-state index contributed by atoms with van der Waals surface area (Å²) < 4.78 is 169. The number of sulfone groups is 1. The number of allylic oxidation sites excluding steroid dienone is 1. The summed E-state index contributed by atoms with van der Waals surface area (Å²) in [4.78, 5) is 18.6. The van der Waals surface area contributed by atoms with Crippen molar-refractivity contribution in [2.75, 3.05) is 17.5 Å². The Morgan fingerprint density at radius 2 is 1.70 bits per heavy atom. The number of quaternary nitrogens is 1. The summed E-state index contributed by atoms with van der Waals surface area (Å²) in [5.41, 5.74) is 4.05. The van der Waals surface area contributed by atoms with Crippen molar-refractivity contribution in [2.24, 2.45) is 17.6 Å². The molecule has 4 unspecified atom stereocenters. The van der Waals surface area contributed by atoms with Gasteiger partial charge in [-0.1, -0.05) is 23.6 Å². The number of nitrogens with two attached hydrogens (primary N) is 2. The molecule has 0 saturated heterocycles. The lowest BCUT2D eigenvalue weighted by molar-refractivity contribution is -0.610. The fourth-order valence-electron chi connectivity index (χ4n) is 7.75. The van der Waals surface area contributed by atoms with E-state index in [2.05, 4.69) is 32.0 Å². The number of benzene rings is 2. The second-order valence-electron chi connectivity index (χ2n) is 16.6. The van der Waals surface area contributed by atoms with Crippen molar-refractivity contribution in [1.82, 2.24) is 20.1 Å². The van der Waals surface area contributed by atoms with Crippen molar-refractivity contribution >= 4 is 54.1 Å². The molecular formula is C41H41ClF8N7O5S2+. The highest BCUT2D eigenvalue weighted by molar-refractivity contribution is 7.93. The van der Waals surface area contributed by atoms with E-state index in [1.165, 1.54) is 38.1 Å². The maximum atomic E-state index is 15.4. The van der Waals surface area contributed by atoms with E-state index in [4.69, 9.17) is 17.3 Å². The van der Waals surface area contributed by atoms with Crippen LogP contribution in [0, 0.1) is 35.3 Å². The summed E-state index contributed by atoms with van der Waals surface area (Å²) >= 11 is 6.62. The van der Waals surface area contributed by atoms with Crippen LogP contribution in [-0.4, -0.2) is 85.1 Å². The summed E-state index contributed by atoms with van der Waals surface area (Å²) in [7, 11) is -7.81. The second-order valence-corrected chi connectivity index (χ2v) is 21.5. The average molecular weight is 963 g/mol. The summed E-state index contributed by atoms with van der Waals surface area (Å²) in [6.45, 7) is 0.767. The number of hydrogen-bond acceptors (Lipinski definition) is 8. The molecule has 3 aliphatic carbocycles. The number of rotatable bonds is 16. The van der Waals surface area contributed by atoms with Gasteiger partial charge in [0.05, 0.1) is 39.0 Å². The molecule has 7 rings (SSSR count). The predicted octanol–water partition coefficient (Wildman–Crippen LogP) is 5.47. The number of alkyl halides is 6. The fraction of sp³-hybridized carbons (Fsp3) is 0.439. The van der Waals surface area contributed by atoms with Gasteiger partial charge in [-0.15, -0.1) is 0 Å². The summed E-state index contributed by atoms with van der Waals surface area (Å²) in [6.07, 6.45) is -5.09. The lowest BCUT2D eigenvalue weighted by Crippen LogP contribution is -2.87. The normalized spacial score (nSPS) is 19.4. The van der Waals surface area contributed by atoms with Crippen LogP contribution in [-0.2, 0) is 37.6 Å². The van der Waals surface area contributed by atoms with Crippen LogP contribution >= 0.6 is 11.6 Å². The van der Waals surface area contributed by atoms with Crippen molar-refractivity contribution < 1.29 is 62.1 Å². The zero-order chi connectivity index (χ0) is 46.8. The molecule has 23 heteroatoms. The van der Waals surface area contributed by atoms with E-state index >= 15 is 8.78 Å². The summed E-state index contributed by atoms with van der Waals surface area (Å²) in [6, 6.07) is 4.36. The first kappa shape index (κ1) is 47.2. The van der Waals surface area contributed by atoms with Gasteiger partial charge < -0.3 is 16.4 Å². The molecule has 1 amide bonds. The lowest BCUT2D eigenvalue weighted by Gasteiger charge is -2.23. The standard InChI is InChI=1S/C41H40ClF8N7O5S2/c1-40(2,63(3,59)60)11-10-22-4-7-24(25-8-9-28(42)33-36(25)57(18-30(45)46)55-39(33)56-64(61,62)23-5-6-23)35(53-22)29(14-19-12-20(43)15-21(44)13-19)54-31(58)17-52-37-32(34(51)38(47)48)26-16-27(26)41(37,49)50/h4,7-9,12-13,15,23,26-27,29-30,34,38,52H,5-6,14,16-18,51H2,1-3H3,(H,54,58)(H,55,56)/p+1. The van der Waals surface area contributed by atoms with Gasteiger partial charge in [0.15, 0.2) is 27.9 Å². The van der Waals surface area contributed by atoms with Crippen LogP contribution in [0.3, 0.4) is 0 Å². The van der Waals surface area contributed by atoms with Gasteiger partial charge in [-0.2, -0.15) is 13.9 Å². The molecule has 2 aromatic heterocycles. The molecule has 2 heterocycles.